The van der Waals surface area contributed by atoms with Gasteiger partial charge in [-0.05, 0) is 81.1 Å². The van der Waals surface area contributed by atoms with Crippen LogP contribution in [0.15, 0.2) is 66.2 Å². The number of aromatic nitrogens is 4. The van der Waals surface area contributed by atoms with Crippen molar-refractivity contribution < 1.29 is 0 Å². The van der Waals surface area contributed by atoms with Crippen molar-refractivity contribution in [3.63, 3.8) is 0 Å². The molecule has 0 fully saturated rings. The molecule has 1 N–H and O–H groups in total. The molecule has 0 radical (unpaired) electrons. The molecule has 0 spiro atoms. The Labute approximate surface area is 199 Å². The van der Waals surface area contributed by atoms with Gasteiger partial charge in [-0.15, -0.1) is 0 Å². The monoisotopic (exact) mass is 448 g/mol. The first-order chi connectivity index (χ1) is 16.4. The highest BCUT2D eigenvalue weighted by Crippen LogP contribution is 2.30. The molecule has 34 heavy (non-hydrogen) atoms. The maximum absolute atomic E-state index is 5.11. The second-order valence-electron chi connectivity index (χ2n) is 9.12. The Hall–Kier alpha value is -3.93. The zero-order valence-corrected chi connectivity index (χ0v) is 20.0. The van der Waals surface area contributed by atoms with E-state index in [1.807, 2.05) is 50.8 Å². The summed E-state index contributed by atoms with van der Waals surface area (Å²) in [7, 11) is 0. The maximum atomic E-state index is 5.11. The van der Waals surface area contributed by atoms with Crippen molar-refractivity contribution in [3.05, 3.63) is 99.8 Å². The molecule has 6 heteroatoms. The van der Waals surface area contributed by atoms with Gasteiger partial charge >= 0.3 is 0 Å². The molecule has 4 aromatic heterocycles. The van der Waals surface area contributed by atoms with Gasteiger partial charge in [-0.3, -0.25) is 19.9 Å². The lowest BCUT2D eigenvalue weighted by molar-refractivity contribution is 0.494. The smallest absolute Gasteiger partial charge is 0.135 e. The van der Waals surface area contributed by atoms with Gasteiger partial charge in [0.1, 0.15) is 5.82 Å². The van der Waals surface area contributed by atoms with E-state index >= 15 is 0 Å². The zero-order chi connectivity index (χ0) is 23.7. The van der Waals surface area contributed by atoms with Gasteiger partial charge in [-0.2, -0.15) is 0 Å². The minimum Gasteiger partial charge on any atom is -0.365 e. The third kappa shape index (κ3) is 4.31. The molecule has 0 amide bonds. The first kappa shape index (κ1) is 21.9. The second-order valence-corrected chi connectivity index (χ2v) is 9.12. The molecule has 1 atom stereocenters. The number of nitrogens with one attached hydrogen (secondary N) is 1. The van der Waals surface area contributed by atoms with Crippen LogP contribution in [0, 0.1) is 20.8 Å². The van der Waals surface area contributed by atoms with Crippen LogP contribution in [0.4, 0.5) is 5.82 Å². The second kappa shape index (κ2) is 8.78. The number of pyridine rings is 4. The summed E-state index contributed by atoms with van der Waals surface area (Å²) >= 11 is 0. The topological polar surface area (TPSA) is 76.0 Å². The van der Waals surface area contributed by atoms with Gasteiger partial charge in [0.2, 0.25) is 0 Å². The molecular formula is C28H28N6. The summed E-state index contributed by atoms with van der Waals surface area (Å²) in [6, 6.07) is 12.4. The van der Waals surface area contributed by atoms with Crippen LogP contribution in [0.25, 0.3) is 17.3 Å². The van der Waals surface area contributed by atoms with Gasteiger partial charge in [-0.25, -0.2) is 4.98 Å². The molecule has 0 saturated carbocycles. The maximum Gasteiger partial charge on any atom is 0.135 e. The van der Waals surface area contributed by atoms with Crippen molar-refractivity contribution in [2.45, 2.75) is 46.2 Å². The van der Waals surface area contributed by atoms with Crippen molar-refractivity contribution in [1.82, 2.24) is 19.9 Å². The summed E-state index contributed by atoms with van der Waals surface area (Å²) in [6.45, 7) is 8.92. The average molecular weight is 449 g/mol. The lowest BCUT2D eigenvalue weighted by Crippen LogP contribution is -2.37. The first-order valence-electron chi connectivity index (χ1n) is 11.5. The molecule has 5 heterocycles. The third-order valence-corrected chi connectivity index (χ3v) is 6.32. The molecule has 0 aromatic carbocycles. The fraction of sp³-hybridized carbons (Fsp3) is 0.250. The number of rotatable bonds is 5. The van der Waals surface area contributed by atoms with E-state index in [4.69, 9.17) is 9.98 Å². The Morgan fingerprint density at radius 1 is 0.882 bits per heavy atom. The first-order valence-corrected chi connectivity index (χ1v) is 11.5. The largest absolute Gasteiger partial charge is 0.365 e. The quantitative estimate of drug-likeness (QED) is 0.495. The SMILES string of the molecule is Cc1cc(-c2ncc(CNc3nccc4c3=CCC(C)(c3ccnc(C)c3)N=4)cc2C)ccn1. The van der Waals surface area contributed by atoms with Crippen LogP contribution in [0.3, 0.4) is 0 Å². The van der Waals surface area contributed by atoms with Crippen molar-refractivity contribution in [3.8, 4) is 11.3 Å². The molecular weight excluding hydrogens is 420 g/mol. The molecule has 1 aliphatic rings. The molecule has 1 unspecified atom stereocenters. The van der Waals surface area contributed by atoms with Crippen LogP contribution in [0.1, 0.15) is 41.4 Å². The van der Waals surface area contributed by atoms with Gasteiger partial charge < -0.3 is 5.32 Å². The van der Waals surface area contributed by atoms with Crippen LogP contribution in [0.2, 0.25) is 0 Å². The van der Waals surface area contributed by atoms with Crippen LogP contribution >= 0.6 is 0 Å². The minimum atomic E-state index is -0.304. The van der Waals surface area contributed by atoms with Gasteiger partial charge in [0.05, 0.1) is 16.6 Å². The Kier molecular flexibility index (Phi) is 5.65. The van der Waals surface area contributed by atoms with Crippen LogP contribution < -0.4 is 15.9 Å². The zero-order valence-electron chi connectivity index (χ0n) is 20.0. The Morgan fingerprint density at radius 3 is 2.41 bits per heavy atom. The van der Waals surface area contributed by atoms with Gasteiger partial charge in [0.25, 0.3) is 0 Å². The predicted molar refractivity (Wildman–Crippen MR) is 135 cm³/mol. The highest BCUT2D eigenvalue weighted by atomic mass is 15.0. The summed E-state index contributed by atoms with van der Waals surface area (Å²) in [5.74, 6) is 0.848. The molecule has 0 bridgehead atoms. The molecule has 1 aliphatic heterocycles. The normalized spacial score (nSPS) is 16.8. The van der Waals surface area contributed by atoms with E-state index in [2.05, 4.69) is 64.5 Å². The molecule has 170 valence electrons. The van der Waals surface area contributed by atoms with E-state index in [0.717, 1.165) is 56.6 Å². The van der Waals surface area contributed by atoms with E-state index in [-0.39, 0.29) is 5.54 Å². The molecule has 5 rings (SSSR count). The highest BCUT2D eigenvalue weighted by Gasteiger charge is 2.27. The van der Waals surface area contributed by atoms with E-state index in [9.17, 15) is 0 Å². The predicted octanol–water partition coefficient (Wildman–Crippen LogP) is 4.19. The summed E-state index contributed by atoms with van der Waals surface area (Å²) in [5, 5.41) is 5.51. The number of aryl methyl sites for hydroxylation is 3. The Bertz CT molecular complexity index is 1490. The Morgan fingerprint density at radius 2 is 1.65 bits per heavy atom. The van der Waals surface area contributed by atoms with Crippen molar-refractivity contribution in [2.75, 3.05) is 5.32 Å². The molecule has 0 saturated heterocycles. The van der Waals surface area contributed by atoms with Crippen molar-refractivity contribution in [2.24, 2.45) is 4.99 Å². The summed E-state index contributed by atoms with van der Waals surface area (Å²) in [5.41, 5.74) is 7.19. The lowest BCUT2D eigenvalue weighted by Gasteiger charge is -2.27. The van der Waals surface area contributed by atoms with Gasteiger partial charge in [-0.1, -0.05) is 12.1 Å². The average Bonchev–Trinajstić information content (AvgIpc) is 2.82. The number of hydrogen-bond donors (Lipinski definition) is 1. The minimum absolute atomic E-state index is 0.304. The summed E-state index contributed by atoms with van der Waals surface area (Å²) in [6.07, 6.45) is 10.5. The highest BCUT2D eigenvalue weighted by molar-refractivity contribution is 5.63. The van der Waals surface area contributed by atoms with Crippen molar-refractivity contribution >= 4 is 11.9 Å². The van der Waals surface area contributed by atoms with Gasteiger partial charge in [0.15, 0.2) is 0 Å². The van der Waals surface area contributed by atoms with Crippen molar-refractivity contribution in [1.29, 1.82) is 0 Å². The molecule has 6 nitrogen and oxygen atoms in total. The van der Waals surface area contributed by atoms with E-state index in [1.54, 1.807) is 0 Å². The number of nitrogens with zero attached hydrogens (tertiary/aromatic N) is 5. The van der Waals surface area contributed by atoms with Crippen LogP contribution in [-0.2, 0) is 12.1 Å². The van der Waals surface area contributed by atoms with Gasteiger partial charge in [0, 0.05) is 53.5 Å². The number of anilines is 1. The third-order valence-electron chi connectivity index (χ3n) is 6.32. The summed E-state index contributed by atoms with van der Waals surface area (Å²) in [4.78, 5) is 23.1. The molecule has 4 aromatic rings. The lowest BCUT2D eigenvalue weighted by atomic mass is 9.87. The van der Waals surface area contributed by atoms with E-state index in [1.165, 1.54) is 5.56 Å². The fourth-order valence-electron chi connectivity index (χ4n) is 4.49. The molecule has 0 aliphatic carbocycles. The van der Waals surface area contributed by atoms with E-state index < -0.39 is 0 Å². The summed E-state index contributed by atoms with van der Waals surface area (Å²) < 4.78 is 0. The van der Waals surface area contributed by atoms with Crippen LogP contribution in [-0.4, -0.2) is 19.9 Å². The van der Waals surface area contributed by atoms with E-state index in [0.29, 0.717) is 6.54 Å². The standard InChI is InChI=1S/C28H28N6/c1-18-13-21(16-32-26(18)22-6-10-29-19(2)14-22)17-33-27-24-5-9-28(4,34-25(24)8-12-31-27)23-7-11-30-20(3)15-23/h5-8,10-16H,9,17H2,1-4H3,(H,31,33). The number of hydrogen-bond acceptors (Lipinski definition) is 6. The number of fused-ring (bicyclic) bond motifs is 1. The van der Waals surface area contributed by atoms with Crippen LogP contribution in [0.5, 0.6) is 0 Å². The Balaban J connectivity index is 1.39. The fourth-order valence-corrected chi connectivity index (χ4v) is 4.49.